The number of primary amides is 1. The zero-order chi connectivity index (χ0) is 64.2. The number of phosphoric ester groups is 1. The van der Waals surface area contributed by atoms with Crippen molar-refractivity contribution in [2.24, 2.45) is 17.4 Å². The number of fused-ring (bicyclic) bond motifs is 20. The summed E-state index contributed by atoms with van der Waals surface area (Å²) in [6, 6.07) is -20.3. The van der Waals surface area contributed by atoms with Crippen LogP contribution in [0.25, 0.3) is 0 Å². The summed E-state index contributed by atoms with van der Waals surface area (Å²) in [7, 11) is -0.651. The van der Waals surface area contributed by atoms with Gasteiger partial charge in [-0.15, -0.1) is 0 Å². The van der Waals surface area contributed by atoms with Crippen LogP contribution in [-0.4, -0.2) is 240 Å². The molecule has 0 radical (unpaired) electrons. The lowest BCUT2D eigenvalue weighted by atomic mass is 10.0. The Labute approximate surface area is 515 Å². The third kappa shape index (κ3) is 24.0. The molecule has 1 unspecified atom stereocenters. The van der Waals surface area contributed by atoms with Crippen LogP contribution >= 0.6 is 72.6 Å². The van der Waals surface area contributed by atoms with E-state index in [2.05, 4.69) is 63.0 Å². The van der Waals surface area contributed by atoms with Crippen LogP contribution in [0.4, 0.5) is 0 Å². The van der Waals surface area contributed by atoms with Gasteiger partial charge in [-0.3, -0.25) is 66.9 Å². The molecule has 34 nitrogen and oxygen atoms in total. The van der Waals surface area contributed by atoms with Crippen molar-refractivity contribution >= 4 is 155 Å². The average Bonchev–Trinajstić information content (AvgIpc) is 2.31. The predicted octanol–water partition coefficient (Wildman–Crippen LogP) is -7.03. The molecule has 19 N–H and O–H groups in total. The van der Waals surface area contributed by atoms with Crippen LogP contribution in [0.3, 0.4) is 0 Å². The molecule has 4 bridgehead atoms. The van der Waals surface area contributed by atoms with Gasteiger partial charge in [-0.25, -0.2) is 9.36 Å². The second-order valence-corrected chi connectivity index (χ2v) is 29.0. The number of amides is 13. The number of nitrogens with one attached hydrogen (secondary N) is 11. The Balaban J connectivity index is 2.02. The molecular weight excluding hydrogens is 1280 g/mol. The minimum Gasteiger partial charge on any atom is -0.480 e. The number of carboxylic acid groups (broad SMARTS) is 1. The quantitative estimate of drug-likeness (QED) is 0.0579. The van der Waals surface area contributed by atoms with E-state index in [-0.39, 0.29) is 31.6 Å². The smallest absolute Gasteiger partial charge is 0.469 e. The van der Waals surface area contributed by atoms with Gasteiger partial charge in [0.05, 0.1) is 31.7 Å². The number of carboxylic acids is 1. The summed E-state index contributed by atoms with van der Waals surface area (Å²) in [4.78, 5) is 215. The molecule has 0 aromatic heterocycles. The first-order valence-corrected chi connectivity index (χ1v) is 35.3. The maximum Gasteiger partial charge on any atom is 0.469 e. The van der Waals surface area contributed by atoms with Gasteiger partial charge in [0.25, 0.3) is 0 Å². The first-order valence-electron chi connectivity index (χ1n) is 26.3. The van der Waals surface area contributed by atoms with E-state index in [1.165, 1.54) is 6.92 Å². The molecule has 4 fully saturated rings. The molecule has 4 aliphatic rings. The standard InChI is InChI=1S/C45H71N14O20PS6/c1-18(2)8-22-36(65)56-27-15-85-86-17-29(45(74)75)50-32(62)10-48-43(72)33(20(4)60)58-41(70)28-16-84-83-13-25(39(68)53-24(37(66)51-22)11-79-80(76,77)78)55-35(64)21(46)12-81-82-14-26(57-40(27)69)38(67)52-23(9-31(47)61)44(73)59-7-5-6-30(59)42(71)49-19(3)34(63)54-28/h18-30,33,60H,5-17,46H2,1-4H3,(H2,47,61)(H,48,72)(H,49,71)(H,50,62)(H,51,66)(H,52,67)(H,53,68)(H,54,63)(H,55,64)(H,56,65)(H,57,69)(H,58,70)(H,74,75)(H2,76,77,78)/t19?,20-,21+,22+,23+,24+,25+,26+,27+,28+,29+,30+,33+/m1/s1. The molecule has 13 atom stereocenters. The number of phosphoric acid groups is 1. The summed E-state index contributed by atoms with van der Waals surface area (Å²) in [5, 5.41) is 47.0. The molecule has 0 saturated carbocycles. The highest BCUT2D eigenvalue weighted by molar-refractivity contribution is 8.77. The SMILES string of the molecule is CC(C)C[C@@H]1NC(=O)[C@H](COP(=O)(O)O)NC(=O)[C@@H]2CSSC[C@@H]3NC(=O)C(C)NC(=O)[C@@H]4CCCN4C(=O)[C@H](CC(N)=O)NC(=O)[C@H](CSSC[C@H](N)C(=O)N2)NC(=O)[C@H](CSSC[C@@H](C(=O)O)NC(=O)CNC(=O)[C@H]([C@@H](C)O)NC3=O)NC1=O. The molecule has 0 aromatic rings. The molecule has 482 valence electrons. The largest absolute Gasteiger partial charge is 0.480 e. The number of hydrogen-bond acceptors (Lipinski definition) is 24. The summed E-state index contributed by atoms with van der Waals surface area (Å²) in [6.07, 6.45) is -2.55. The van der Waals surface area contributed by atoms with Crippen LogP contribution in [0.5, 0.6) is 0 Å². The first kappa shape index (κ1) is 73.2. The van der Waals surface area contributed by atoms with Gasteiger partial charge in [0, 0.05) is 41.1 Å². The van der Waals surface area contributed by atoms with Crippen molar-refractivity contribution in [1.29, 1.82) is 0 Å². The van der Waals surface area contributed by atoms with Gasteiger partial charge in [-0.1, -0.05) is 78.6 Å². The summed E-state index contributed by atoms with van der Waals surface area (Å²) in [6.45, 7) is 3.30. The zero-order valence-electron chi connectivity index (χ0n) is 46.6. The Kier molecular flexibility index (Phi) is 29.8. The molecule has 4 aliphatic heterocycles. The lowest BCUT2D eigenvalue weighted by Gasteiger charge is -2.30. The monoisotopic (exact) mass is 1350 g/mol. The van der Waals surface area contributed by atoms with E-state index >= 15 is 0 Å². The van der Waals surface area contributed by atoms with Crippen molar-refractivity contribution in [3.8, 4) is 0 Å². The number of aliphatic hydroxyl groups is 1. The number of carbonyl (C=O) groups excluding carboxylic acids is 13. The lowest BCUT2D eigenvalue weighted by molar-refractivity contribution is -0.143. The van der Waals surface area contributed by atoms with Gasteiger partial charge in [-0.2, -0.15) is 0 Å². The van der Waals surface area contributed by atoms with Crippen molar-refractivity contribution in [2.45, 2.75) is 132 Å². The highest BCUT2D eigenvalue weighted by Gasteiger charge is 2.42. The molecule has 4 heterocycles. The van der Waals surface area contributed by atoms with Crippen molar-refractivity contribution in [1.82, 2.24) is 63.4 Å². The van der Waals surface area contributed by atoms with E-state index in [9.17, 15) is 91.7 Å². The van der Waals surface area contributed by atoms with E-state index in [1.807, 2.05) is 0 Å². The van der Waals surface area contributed by atoms with Crippen LogP contribution < -0.4 is 70.0 Å². The minimum atomic E-state index is -5.42. The Morgan fingerprint density at radius 1 is 0.616 bits per heavy atom. The van der Waals surface area contributed by atoms with Crippen LogP contribution in [0.1, 0.15) is 53.4 Å². The number of aliphatic hydroxyl groups excluding tert-OH is 1. The minimum absolute atomic E-state index is 0.0153. The average molecular weight is 1350 g/mol. The van der Waals surface area contributed by atoms with Crippen LogP contribution in [0.15, 0.2) is 0 Å². The molecule has 0 spiro atoms. The van der Waals surface area contributed by atoms with E-state index < -0.39 is 223 Å². The number of carbonyl (C=O) groups is 14. The summed E-state index contributed by atoms with van der Waals surface area (Å²) in [5.74, 6) is -18.9. The van der Waals surface area contributed by atoms with Gasteiger partial charge in [0.15, 0.2) is 0 Å². The van der Waals surface area contributed by atoms with Gasteiger partial charge >= 0.3 is 13.8 Å². The Morgan fingerprint density at radius 3 is 1.63 bits per heavy atom. The summed E-state index contributed by atoms with van der Waals surface area (Å²) >= 11 is 0. The molecule has 4 rings (SSSR count). The van der Waals surface area contributed by atoms with Crippen molar-refractivity contribution in [3.05, 3.63) is 0 Å². The first-order chi connectivity index (χ1) is 40.3. The highest BCUT2D eigenvalue weighted by Crippen LogP contribution is 2.36. The molecule has 13 amide bonds. The lowest BCUT2D eigenvalue weighted by Crippen LogP contribution is -2.62. The van der Waals surface area contributed by atoms with Gasteiger partial charge in [0.1, 0.15) is 66.5 Å². The van der Waals surface area contributed by atoms with Crippen molar-refractivity contribution in [3.63, 3.8) is 0 Å². The fourth-order valence-corrected chi connectivity index (χ4v) is 15.4. The maximum atomic E-state index is 14.6. The van der Waals surface area contributed by atoms with Gasteiger partial charge in [0.2, 0.25) is 76.8 Å². The van der Waals surface area contributed by atoms with Gasteiger partial charge in [-0.05, 0) is 39.0 Å². The molecule has 4 saturated heterocycles. The Hall–Kier alpha value is -5.29. The Morgan fingerprint density at radius 2 is 1.09 bits per heavy atom. The second-order valence-electron chi connectivity index (χ2n) is 20.2. The van der Waals surface area contributed by atoms with E-state index in [0.717, 1.165) is 76.6 Å². The van der Waals surface area contributed by atoms with Crippen molar-refractivity contribution < 1.29 is 96.2 Å². The molecular formula is C45H71N14O20PS6. The second kappa shape index (κ2) is 35.0. The van der Waals surface area contributed by atoms with Gasteiger partial charge < -0.3 is 94.9 Å². The number of nitrogens with two attached hydrogens (primary N) is 2. The molecule has 0 aliphatic carbocycles. The Bertz CT molecular complexity index is 2600. The topological polar surface area (TPSA) is 534 Å². The predicted molar refractivity (Wildman–Crippen MR) is 316 cm³/mol. The summed E-state index contributed by atoms with van der Waals surface area (Å²) in [5.41, 5.74) is 11.9. The van der Waals surface area contributed by atoms with E-state index in [0.29, 0.717) is 0 Å². The normalized spacial score (nSPS) is 30.2. The summed E-state index contributed by atoms with van der Waals surface area (Å²) < 4.78 is 16.7. The number of hydrogen-bond donors (Lipinski definition) is 17. The van der Waals surface area contributed by atoms with Crippen molar-refractivity contribution in [2.75, 3.05) is 54.2 Å². The highest BCUT2D eigenvalue weighted by atomic mass is 33.1. The van der Waals surface area contributed by atoms with E-state index in [4.69, 9.17) is 11.5 Å². The maximum absolute atomic E-state index is 14.6. The number of nitrogens with zero attached hydrogens (tertiary/aromatic N) is 1. The fraction of sp³-hybridized carbons (Fsp3) is 0.689. The van der Waals surface area contributed by atoms with Crippen LogP contribution in [-0.2, 0) is 76.2 Å². The third-order valence-electron chi connectivity index (χ3n) is 12.7. The van der Waals surface area contributed by atoms with Crippen LogP contribution in [0, 0.1) is 5.92 Å². The zero-order valence-corrected chi connectivity index (χ0v) is 52.4. The molecule has 0 aromatic carbocycles. The van der Waals surface area contributed by atoms with E-state index in [1.54, 1.807) is 13.8 Å². The number of aliphatic carboxylic acids is 1. The third-order valence-corrected chi connectivity index (χ3v) is 20.4. The van der Waals surface area contributed by atoms with Crippen LogP contribution in [0.2, 0.25) is 0 Å². The fourth-order valence-electron chi connectivity index (χ4n) is 8.14. The molecule has 41 heteroatoms. The molecule has 86 heavy (non-hydrogen) atoms. The number of rotatable bonds is 9.